The molecular formula is C35H45N3O8. The Hall–Kier alpha value is -4.90. The van der Waals surface area contributed by atoms with Crippen LogP contribution in [-0.4, -0.2) is 92.6 Å². The lowest BCUT2D eigenvalue weighted by Crippen LogP contribution is -2.36. The molecule has 0 radical (unpaired) electrons. The maximum Gasteiger partial charge on any atom is 0.243 e. The van der Waals surface area contributed by atoms with E-state index in [1.54, 1.807) is 67.0 Å². The molecule has 1 saturated heterocycles. The molecule has 1 heterocycles. The van der Waals surface area contributed by atoms with E-state index in [0.717, 1.165) is 24.2 Å². The Labute approximate surface area is 271 Å². The van der Waals surface area contributed by atoms with Crippen molar-refractivity contribution in [3.63, 3.8) is 0 Å². The Balaban J connectivity index is 1.47. The zero-order valence-electron chi connectivity index (χ0n) is 27.6. The minimum Gasteiger partial charge on any atom is -0.493 e. The van der Waals surface area contributed by atoms with Crippen LogP contribution in [0.4, 0.5) is 0 Å². The maximum absolute atomic E-state index is 12.5. The maximum atomic E-state index is 12.5. The number of rotatable bonds is 16. The fraction of sp³-hybridized carbons (Fsp3) is 0.371. The van der Waals surface area contributed by atoms with Gasteiger partial charge in [0.05, 0.1) is 42.7 Å². The van der Waals surface area contributed by atoms with Gasteiger partial charge in [-0.1, -0.05) is 36.5 Å². The number of hydrogen-bond donors (Lipinski definition) is 2. The number of allylic oxidation sites excluding steroid dienone is 4. The normalized spacial score (nSPS) is 16.8. The molecule has 0 unspecified atom stereocenters. The van der Waals surface area contributed by atoms with E-state index < -0.39 is 0 Å². The van der Waals surface area contributed by atoms with Crippen molar-refractivity contribution in [2.45, 2.75) is 0 Å². The zero-order chi connectivity index (χ0) is 33.5. The van der Waals surface area contributed by atoms with Gasteiger partial charge in [-0.25, -0.2) is 0 Å². The molecule has 2 atom stereocenters. The van der Waals surface area contributed by atoms with Crippen LogP contribution in [-0.2, 0) is 9.59 Å². The Morgan fingerprint density at radius 3 is 1.28 bits per heavy atom. The van der Waals surface area contributed by atoms with E-state index in [2.05, 4.69) is 15.5 Å². The van der Waals surface area contributed by atoms with Crippen LogP contribution in [0.25, 0.3) is 12.2 Å². The van der Waals surface area contributed by atoms with Crippen LogP contribution in [0.15, 0.2) is 60.7 Å². The Kier molecular flexibility index (Phi) is 14.0. The first-order valence-electron chi connectivity index (χ1n) is 14.8. The van der Waals surface area contributed by atoms with E-state index in [1.165, 1.54) is 12.2 Å². The van der Waals surface area contributed by atoms with Crippen LogP contribution in [0, 0.1) is 11.8 Å². The third-order valence-corrected chi connectivity index (χ3v) is 7.50. The monoisotopic (exact) mass is 635 g/mol. The van der Waals surface area contributed by atoms with Gasteiger partial charge >= 0.3 is 0 Å². The van der Waals surface area contributed by atoms with Gasteiger partial charge in [0.15, 0.2) is 23.0 Å². The Bertz CT molecular complexity index is 1290. The lowest BCUT2D eigenvalue weighted by molar-refractivity contribution is -0.117. The van der Waals surface area contributed by atoms with Gasteiger partial charge in [-0.15, -0.1) is 0 Å². The number of hydrogen-bond acceptors (Lipinski definition) is 9. The van der Waals surface area contributed by atoms with E-state index in [0.29, 0.717) is 47.6 Å². The average Bonchev–Trinajstić information content (AvgIpc) is 3.44. The standard InChI is InChI=1S/C35H45N3O8/c1-38-22-26(20-36-32(39)14-10-8-12-24-16-28(41-2)34(45-6)29(17-24)42-3)27(23-38)21-37-33(40)15-11-9-13-25-18-30(43-4)35(46-7)31(19-25)44-5/h8-19,26-27H,20-23H2,1-7H3,(H,36,39)(H,37,40)/t26-,27-/m0/s1. The number of likely N-dealkylation sites (tertiary alicyclic amines) is 1. The van der Waals surface area contributed by atoms with E-state index >= 15 is 0 Å². The highest BCUT2D eigenvalue weighted by molar-refractivity contribution is 5.88. The van der Waals surface area contributed by atoms with Crippen LogP contribution in [0.1, 0.15) is 11.1 Å². The third kappa shape index (κ3) is 10.1. The highest BCUT2D eigenvalue weighted by atomic mass is 16.5. The number of ether oxygens (including phenoxy) is 6. The molecule has 0 saturated carbocycles. The van der Waals surface area contributed by atoms with E-state index in [1.807, 2.05) is 43.5 Å². The molecule has 1 aliphatic rings. The highest BCUT2D eigenvalue weighted by Crippen LogP contribution is 2.39. The molecule has 0 aliphatic carbocycles. The molecule has 2 aromatic carbocycles. The molecule has 1 aliphatic heterocycles. The first-order valence-corrected chi connectivity index (χ1v) is 14.8. The van der Waals surface area contributed by atoms with Crippen molar-refractivity contribution in [2.75, 3.05) is 75.9 Å². The fourth-order valence-corrected chi connectivity index (χ4v) is 5.23. The molecule has 0 aromatic heterocycles. The summed E-state index contributed by atoms with van der Waals surface area (Å²) >= 11 is 0. The molecule has 2 amide bonds. The lowest BCUT2D eigenvalue weighted by atomic mass is 9.96. The summed E-state index contributed by atoms with van der Waals surface area (Å²) in [4.78, 5) is 27.2. The van der Waals surface area contributed by atoms with Gasteiger partial charge < -0.3 is 44.0 Å². The first kappa shape index (κ1) is 35.6. The highest BCUT2D eigenvalue weighted by Gasteiger charge is 2.30. The van der Waals surface area contributed by atoms with Crippen molar-refractivity contribution in [3.05, 3.63) is 71.8 Å². The molecule has 0 spiro atoms. The van der Waals surface area contributed by atoms with Gasteiger partial charge in [0.25, 0.3) is 0 Å². The summed E-state index contributed by atoms with van der Waals surface area (Å²) in [6.07, 6.45) is 13.6. The van der Waals surface area contributed by atoms with Crippen molar-refractivity contribution in [1.29, 1.82) is 0 Å². The van der Waals surface area contributed by atoms with Gasteiger partial charge in [0.1, 0.15) is 0 Å². The minimum atomic E-state index is -0.186. The number of benzene rings is 2. The van der Waals surface area contributed by atoms with E-state index in [-0.39, 0.29) is 23.7 Å². The molecule has 3 rings (SSSR count). The number of nitrogens with one attached hydrogen (secondary N) is 2. The molecular weight excluding hydrogens is 590 g/mol. The number of carbonyl (C=O) groups excluding carboxylic acids is 2. The van der Waals surface area contributed by atoms with Crippen LogP contribution >= 0.6 is 0 Å². The van der Waals surface area contributed by atoms with Crippen LogP contribution in [0.2, 0.25) is 0 Å². The molecule has 11 heteroatoms. The SMILES string of the molecule is COc1cc(C=CC=CC(=O)NC[C@H]2CN(C)C[C@@H]2CNC(=O)C=CC=Cc2cc(OC)c(OC)c(OC)c2)cc(OC)c1OC. The molecule has 1 fully saturated rings. The first-order chi connectivity index (χ1) is 22.3. The van der Waals surface area contributed by atoms with Crippen LogP contribution in [0.5, 0.6) is 34.5 Å². The molecule has 0 bridgehead atoms. The Morgan fingerprint density at radius 1 is 0.630 bits per heavy atom. The summed E-state index contributed by atoms with van der Waals surface area (Å²) < 4.78 is 32.2. The third-order valence-electron chi connectivity index (χ3n) is 7.50. The van der Waals surface area contributed by atoms with Crippen molar-refractivity contribution < 1.29 is 38.0 Å². The van der Waals surface area contributed by atoms with Gasteiger partial charge in [-0.3, -0.25) is 9.59 Å². The van der Waals surface area contributed by atoms with Crippen molar-refractivity contribution in [3.8, 4) is 34.5 Å². The van der Waals surface area contributed by atoms with Crippen molar-refractivity contribution in [2.24, 2.45) is 11.8 Å². The van der Waals surface area contributed by atoms with Gasteiger partial charge in [-0.2, -0.15) is 0 Å². The second-order valence-corrected chi connectivity index (χ2v) is 10.6. The Morgan fingerprint density at radius 2 is 0.978 bits per heavy atom. The van der Waals surface area contributed by atoms with Gasteiger partial charge in [-0.05, 0) is 54.3 Å². The second-order valence-electron chi connectivity index (χ2n) is 10.6. The average molecular weight is 636 g/mol. The summed E-state index contributed by atoms with van der Waals surface area (Å²) in [5.74, 6) is 3.29. The number of carbonyl (C=O) groups is 2. The van der Waals surface area contributed by atoms with Gasteiger partial charge in [0, 0.05) is 38.3 Å². The molecule has 248 valence electrons. The minimum absolute atomic E-state index is 0.186. The fourth-order valence-electron chi connectivity index (χ4n) is 5.23. The topological polar surface area (TPSA) is 117 Å². The number of amides is 2. The summed E-state index contributed by atoms with van der Waals surface area (Å²) in [5, 5.41) is 5.98. The van der Waals surface area contributed by atoms with E-state index in [4.69, 9.17) is 28.4 Å². The summed E-state index contributed by atoms with van der Waals surface area (Å²) in [5.41, 5.74) is 1.67. The lowest BCUT2D eigenvalue weighted by Gasteiger charge is -2.18. The van der Waals surface area contributed by atoms with E-state index in [9.17, 15) is 9.59 Å². The van der Waals surface area contributed by atoms with Crippen LogP contribution in [0.3, 0.4) is 0 Å². The molecule has 46 heavy (non-hydrogen) atoms. The predicted octanol–water partition coefficient (Wildman–Crippen LogP) is 3.99. The zero-order valence-corrected chi connectivity index (χ0v) is 27.6. The largest absolute Gasteiger partial charge is 0.493 e. The summed E-state index contributed by atoms with van der Waals surface area (Å²) in [7, 11) is 11.4. The second kappa shape index (κ2) is 18.2. The predicted molar refractivity (Wildman–Crippen MR) is 179 cm³/mol. The molecule has 2 N–H and O–H groups in total. The molecule has 11 nitrogen and oxygen atoms in total. The summed E-state index contributed by atoms with van der Waals surface area (Å²) in [6.45, 7) is 2.69. The van der Waals surface area contributed by atoms with Crippen molar-refractivity contribution in [1.82, 2.24) is 15.5 Å². The number of nitrogens with zero attached hydrogens (tertiary/aromatic N) is 1. The van der Waals surface area contributed by atoms with Gasteiger partial charge in [0.2, 0.25) is 23.3 Å². The quantitative estimate of drug-likeness (QED) is 0.209. The molecule has 2 aromatic rings. The van der Waals surface area contributed by atoms with Crippen molar-refractivity contribution >= 4 is 24.0 Å². The smallest absolute Gasteiger partial charge is 0.243 e. The van der Waals surface area contributed by atoms with Crippen LogP contribution < -0.4 is 39.1 Å². The number of methoxy groups -OCH3 is 6. The summed E-state index contributed by atoms with van der Waals surface area (Å²) in [6, 6.07) is 7.30.